The molecule has 1 saturated carbocycles. The third kappa shape index (κ3) is 6.86. The zero-order chi connectivity index (χ0) is 31.3. The minimum atomic E-state index is -3.38. The Labute approximate surface area is 256 Å². The summed E-state index contributed by atoms with van der Waals surface area (Å²) in [5.41, 5.74) is 0.901. The molecule has 5 unspecified atom stereocenters. The monoisotopic (exact) mass is 646 g/mol. The summed E-state index contributed by atoms with van der Waals surface area (Å²) in [7, 11) is -3.23. The molecule has 0 spiro atoms. The molecule has 5 rings (SSSR count). The van der Waals surface area contributed by atoms with Crippen LogP contribution in [0.2, 0.25) is 0 Å². The van der Waals surface area contributed by atoms with Gasteiger partial charge in [-0.15, -0.1) is 0 Å². The van der Waals surface area contributed by atoms with E-state index in [1.165, 1.54) is 6.33 Å². The van der Waals surface area contributed by atoms with Crippen molar-refractivity contribution in [3.8, 4) is 6.07 Å². The van der Waals surface area contributed by atoms with Gasteiger partial charge in [0.1, 0.15) is 18.5 Å². The van der Waals surface area contributed by atoms with E-state index < -0.39 is 40.5 Å². The Morgan fingerprint density at radius 2 is 1.93 bits per heavy atom. The average molecular weight is 647 g/mol. The first-order valence-corrected chi connectivity index (χ1v) is 17.6. The van der Waals surface area contributed by atoms with Gasteiger partial charge in [-0.05, 0) is 32.4 Å². The number of hydrogen-bond acceptors (Lipinski definition) is 12. The van der Waals surface area contributed by atoms with Crippen LogP contribution in [0.1, 0.15) is 43.3 Å². The maximum absolute atomic E-state index is 13.6. The van der Waals surface area contributed by atoms with Crippen LogP contribution >= 0.6 is 16.0 Å². The highest BCUT2D eigenvalue weighted by molar-refractivity contribution is 7.55. The molecule has 14 nitrogen and oxygen atoms in total. The predicted octanol–water partition coefficient (Wildman–Crippen LogP) is 4.90. The quantitative estimate of drug-likeness (QED) is 0.175. The molecule has 16 heteroatoms. The van der Waals surface area contributed by atoms with Gasteiger partial charge in [0.25, 0.3) is 5.91 Å². The molecule has 44 heavy (non-hydrogen) atoms. The molecule has 2 fully saturated rings. The van der Waals surface area contributed by atoms with Crippen LogP contribution in [-0.2, 0) is 32.1 Å². The van der Waals surface area contributed by atoms with Crippen molar-refractivity contribution >= 4 is 38.9 Å². The van der Waals surface area contributed by atoms with Gasteiger partial charge in [0.2, 0.25) is 0 Å². The van der Waals surface area contributed by atoms with Gasteiger partial charge in [-0.25, -0.2) is 15.0 Å². The van der Waals surface area contributed by atoms with Gasteiger partial charge in [-0.3, -0.25) is 13.9 Å². The summed E-state index contributed by atoms with van der Waals surface area (Å²) < 4.78 is 51.4. The highest BCUT2D eigenvalue weighted by Gasteiger charge is 2.62. The average Bonchev–Trinajstić information content (AvgIpc) is 3.59. The molecule has 2 aliphatic rings. The minimum Gasteiger partial charge on any atom is -0.374 e. The molecule has 1 aromatic carbocycles. The van der Waals surface area contributed by atoms with E-state index in [4.69, 9.17) is 32.8 Å². The number of nitrogens with zero attached hydrogens (tertiary/aromatic N) is 5. The summed E-state index contributed by atoms with van der Waals surface area (Å²) in [4.78, 5) is 26.1. The van der Waals surface area contributed by atoms with E-state index in [0.29, 0.717) is 23.1 Å². The second kappa shape index (κ2) is 14.5. The summed E-state index contributed by atoms with van der Waals surface area (Å²) >= 11 is 0. The Bertz CT molecular complexity index is 1510. The lowest BCUT2D eigenvalue weighted by atomic mass is 10.1. The molecule has 3 heterocycles. The molecule has 1 N–H and O–H groups in total. The van der Waals surface area contributed by atoms with Crippen molar-refractivity contribution in [2.24, 2.45) is 5.92 Å². The summed E-state index contributed by atoms with van der Waals surface area (Å²) in [6.07, 6.45) is 1.14. The number of methoxy groups -OCH3 is 1. The molecule has 7 atom stereocenters. The highest BCUT2D eigenvalue weighted by Crippen LogP contribution is 2.67. The second-order valence-electron chi connectivity index (χ2n) is 10.2. The summed E-state index contributed by atoms with van der Waals surface area (Å²) in [6, 6.07) is 10.9. The molecule has 1 aliphatic carbocycles. The number of aromatic nitrogens is 4. The number of imidazole rings is 1. The summed E-state index contributed by atoms with van der Waals surface area (Å²) in [6.45, 7) is 6.11. The Balaban J connectivity index is 1.44. The van der Waals surface area contributed by atoms with Crippen molar-refractivity contribution in [2.75, 3.05) is 38.9 Å². The van der Waals surface area contributed by atoms with E-state index in [9.17, 15) is 9.36 Å². The van der Waals surface area contributed by atoms with E-state index in [1.54, 1.807) is 62.8 Å². The molecule has 0 bridgehead atoms. The summed E-state index contributed by atoms with van der Waals surface area (Å²) in [5, 5.41) is 11.7. The number of nitriles is 1. The lowest BCUT2D eigenvalue weighted by molar-refractivity contribution is -0.0525. The first-order chi connectivity index (χ1) is 21.3. The number of nitrogens with one attached hydrogen (secondary N) is 1. The fourth-order valence-corrected chi connectivity index (χ4v) is 8.74. The predicted molar refractivity (Wildman–Crippen MR) is 161 cm³/mol. The van der Waals surface area contributed by atoms with Crippen LogP contribution in [0.5, 0.6) is 0 Å². The number of rotatable bonds is 15. The lowest BCUT2D eigenvalue weighted by Gasteiger charge is -2.26. The van der Waals surface area contributed by atoms with Crippen molar-refractivity contribution in [3.05, 3.63) is 48.5 Å². The highest BCUT2D eigenvalue weighted by atomic mass is 31.2. The van der Waals surface area contributed by atoms with Gasteiger partial charge in [0.05, 0.1) is 50.4 Å². The largest absolute Gasteiger partial charge is 0.374 e. The number of amides is 1. The zero-order valence-corrected chi connectivity index (χ0v) is 26.7. The lowest BCUT2D eigenvalue weighted by Crippen LogP contribution is -2.36. The van der Waals surface area contributed by atoms with E-state index in [-0.39, 0.29) is 49.5 Å². The maximum Gasteiger partial charge on any atom is 0.334 e. The third-order valence-electron chi connectivity index (χ3n) is 7.41. The van der Waals surface area contributed by atoms with Crippen LogP contribution < -0.4 is 5.32 Å². The van der Waals surface area contributed by atoms with Crippen molar-refractivity contribution in [1.29, 1.82) is 5.26 Å². The van der Waals surface area contributed by atoms with E-state index in [2.05, 4.69) is 26.3 Å². The van der Waals surface area contributed by atoms with Gasteiger partial charge in [-0.2, -0.15) is 5.26 Å². The van der Waals surface area contributed by atoms with Crippen LogP contribution in [-0.4, -0.2) is 83.0 Å². The smallest absolute Gasteiger partial charge is 0.334 e. The SMILES string of the molecule is CCOP(=O)(OCC)C1CC1[C@H]1O[C@@H](n2cnc3c(NC(=O)c4ccccc4)ncnc32)C(OC)C1OP(C)OCCC#N. The first kappa shape index (κ1) is 32.5. The van der Waals surface area contributed by atoms with Gasteiger partial charge in [0.15, 0.2) is 31.6 Å². The molecule has 0 radical (unpaired) electrons. The van der Waals surface area contributed by atoms with Crippen LogP contribution in [0.25, 0.3) is 11.2 Å². The van der Waals surface area contributed by atoms with Crippen LogP contribution in [0, 0.1) is 17.2 Å². The number of carbonyl (C=O) groups excluding carboxylic acids is 1. The minimum absolute atomic E-state index is 0.195. The molecule has 1 aliphatic heterocycles. The molecule has 236 valence electrons. The second-order valence-corrected chi connectivity index (χ2v) is 13.8. The molecular formula is C28H36N6O8P2. The van der Waals surface area contributed by atoms with Crippen molar-refractivity contribution in [3.63, 3.8) is 0 Å². The van der Waals surface area contributed by atoms with Crippen molar-refractivity contribution < 1.29 is 36.9 Å². The van der Waals surface area contributed by atoms with Crippen molar-refractivity contribution in [2.45, 2.75) is 56.9 Å². The number of carbonyl (C=O) groups is 1. The summed E-state index contributed by atoms with van der Waals surface area (Å²) in [5.74, 6) is -0.279. The number of hydrogen-bond donors (Lipinski definition) is 1. The fraction of sp³-hybridized carbons (Fsp3) is 0.536. The molecule has 1 saturated heterocycles. The molecule has 2 aromatic heterocycles. The Morgan fingerprint density at radius 3 is 2.61 bits per heavy atom. The molecule has 3 aromatic rings. The first-order valence-electron chi connectivity index (χ1n) is 14.4. The van der Waals surface area contributed by atoms with Crippen LogP contribution in [0.15, 0.2) is 43.0 Å². The number of anilines is 1. The van der Waals surface area contributed by atoms with Crippen LogP contribution in [0.4, 0.5) is 5.82 Å². The van der Waals surface area contributed by atoms with Gasteiger partial charge < -0.3 is 32.9 Å². The topological polar surface area (TPSA) is 169 Å². The number of fused-ring (bicyclic) bond motifs is 1. The Kier molecular flexibility index (Phi) is 10.7. The van der Waals surface area contributed by atoms with Gasteiger partial charge in [-0.1, -0.05) is 18.2 Å². The maximum atomic E-state index is 13.6. The molecular weight excluding hydrogens is 610 g/mol. The van der Waals surface area contributed by atoms with Crippen LogP contribution in [0.3, 0.4) is 0 Å². The normalized spacial score (nSPS) is 25.5. The Hall–Kier alpha value is -2.85. The van der Waals surface area contributed by atoms with Gasteiger partial charge in [0, 0.05) is 25.3 Å². The van der Waals surface area contributed by atoms with Crippen molar-refractivity contribution in [1.82, 2.24) is 19.5 Å². The molecule has 1 amide bonds. The number of benzene rings is 1. The van der Waals surface area contributed by atoms with E-state index in [1.807, 2.05) is 6.07 Å². The standard InChI is InChI=1S/C28H36N6O8P2/c1-5-39-44(36,40-6-2)20-15-19(20)22-23(42-43(4)38-14-10-13-29)24(37-3)28(41-22)34-17-32-21-25(30-16-31-26(21)34)33-27(35)18-11-8-7-9-12-18/h7-9,11-12,16-17,19-20,22-24,28H,5-6,10,14-15H2,1-4H3,(H,30,31,33,35)/t19?,20?,22-,23?,24?,28-,43?/m1/s1. The Morgan fingerprint density at radius 1 is 1.18 bits per heavy atom. The van der Waals surface area contributed by atoms with E-state index >= 15 is 0 Å². The number of ether oxygens (including phenoxy) is 2. The van der Waals surface area contributed by atoms with Gasteiger partial charge >= 0.3 is 7.60 Å². The fourth-order valence-electron chi connectivity index (χ4n) is 5.43. The van der Waals surface area contributed by atoms with E-state index in [0.717, 1.165) is 0 Å². The zero-order valence-electron chi connectivity index (χ0n) is 24.9. The third-order valence-corrected chi connectivity index (χ3v) is 11.1.